The maximum absolute atomic E-state index is 11.0. The summed E-state index contributed by atoms with van der Waals surface area (Å²) in [4.78, 5) is 23.5. The number of nitrogens with one attached hydrogen (secondary N) is 1. The van der Waals surface area contributed by atoms with Gasteiger partial charge in [0.25, 0.3) is 0 Å². The Morgan fingerprint density at radius 1 is 1.54 bits per heavy atom. The third-order valence-electron chi connectivity index (χ3n) is 2.47. The average Bonchev–Trinajstić information content (AvgIpc) is 2.19. The van der Waals surface area contributed by atoms with Gasteiger partial charge in [0.1, 0.15) is 6.29 Å². The molecule has 0 aromatic carbocycles. The van der Waals surface area contributed by atoms with Crippen molar-refractivity contribution in [3.05, 3.63) is 0 Å². The first-order chi connectivity index (χ1) is 6.26. The fourth-order valence-electron chi connectivity index (χ4n) is 1.53. The van der Waals surface area contributed by atoms with E-state index in [1.54, 1.807) is 7.05 Å². The van der Waals surface area contributed by atoms with E-state index in [4.69, 9.17) is 0 Å². The van der Waals surface area contributed by atoms with Gasteiger partial charge in [-0.1, -0.05) is 0 Å². The second-order valence-corrected chi connectivity index (χ2v) is 3.42. The van der Waals surface area contributed by atoms with Crippen LogP contribution in [-0.4, -0.2) is 43.8 Å². The van der Waals surface area contributed by atoms with Crippen molar-refractivity contribution in [2.45, 2.75) is 12.8 Å². The van der Waals surface area contributed by atoms with Gasteiger partial charge in [0.05, 0.1) is 6.54 Å². The van der Waals surface area contributed by atoms with E-state index in [0.717, 1.165) is 32.2 Å². The molecule has 0 spiro atoms. The van der Waals surface area contributed by atoms with E-state index in [-0.39, 0.29) is 11.8 Å². The molecular formula is C9H16N2O2. The summed E-state index contributed by atoms with van der Waals surface area (Å²) in [6.07, 6.45) is 2.80. The van der Waals surface area contributed by atoms with Gasteiger partial charge >= 0.3 is 0 Å². The normalized spacial score (nSPS) is 19.8. The fraction of sp³-hybridized carbons (Fsp3) is 0.778. The molecule has 0 unspecified atom stereocenters. The quantitative estimate of drug-likeness (QED) is 0.610. The van der Waals surface area contributed by atoms with Gasteiger partial charge in [0.2, 0.25) is 5.91 Å². The summed E-state index contributed by atoms with van der Waals surface area (Å²) in [6, 6.07) is 0. The number of piperidine rings is 1. The van der Waals surface area contributed by atoms with Crippen LogP contribution in [0.25, 0.3) is 0 Å². The molecule has 1 rings (SSSR count). The van der Waals surface area contributed by atoms with Crippen molar-refractivity contribution in [2.75, 3.05) is 26.7 Å². The van der Waals surface area contributed by atoms with Crippen molar-refractivity contribution in [1.29, 1.82) is 0 Å². The summed E-state index contributed by atoms with van der Waals surface area (Å²) >= 11 is 0. The van der Waals surface area contributed by atoms with Crippen LogP contribution in [0.1, 0.15) is 12.8 Å². The summed E-state index contributed by atoms with van der Waals surface area (Å²) in [7, 11) is 1.64. The maximum atomic E-state index is 11.0. The summed E-state index contributed by atoms with van der Waals surface area (Å²) in [5.74, 6) is 0.255. The standard InChI is InChI=1S/C9H16N2O2/c1-10-9(13)6-11-4-2-8(7-12)3-5-11/h7-8H,2-6H2,1H3,(H,10,13). The molecule has 0 bridgehead atoms. The lowest BCUT2D eigenvalue weighted by Crippen LogP contribution is -2.40. The third-order valence-corrected chi connectivity index (χ3v) is 2.47. The Morgan fingerprint density at radius 3 is 2.62 bits per heavy atom. The number of rotatable bonds is 3. The molecule has 1 aliphatic heterocycles. The zero-order valence-electron chi connectivity index (χ0n) is 7.95. The molecule has 0 radical (unpaired) electrons. The molecule has 0 aliphatic carbocycles. The van der Waals surface area contributed by atoms with E-state index in [2.05, 4.69) is 10.2 Å². The van der Waals surface area contributed by atoms with Crippen LogP contribution < -0.4 is 5.32 Å². The topological polar surface area (TPSA) is 49.4 Å². The van der Waals surface area contributed by atoms with E-state index in [1.165, 1.54) is 0 Å². The molecule has 13 heavy (non-hydrogen) atoms. The van der Waals surface area contributed by atoms with Crippen molar-refractivity contribution in [3.63, 3.8) is 0 Å². The smallest absolute Gasteiger partial charge is 0.233 e. The van der Waals surface area contributed by atoms with Crippen molar-refractivity contribution >= 4 is 12.2 Å². The van der Waals surface area contributed by atoms with Crippen LogP contribution in [0.4, 0.5) is 0 Å². The van der Waals surface area contributed by atoms with Crippen LogP contribution in [0.3, 0.4) is 0 Å². The molecule has 0 saturated carbocycles. The van der Waals surface area contributed by atoms with Crippen LogP contribution >= 0.6 is 0 Å². The summed E-state index contributed by atoms with van der Waals surface area (Å²) in [5, 5.41) is 2.59. The number of likely N-dealkylation sites (N-methyl/N-ethyl adjacent to an activating group) is 1. The van der Waals surface area contributed by atoms with Crippen molar-refractivity contribution < 1.29 is 9.59 Å². The van der Waals surface area contributed by atoms with Gasteiger partial charge in [0.15, 0.2) is 0 Å². The van der Waals surface area contributed by atoms with Gasteiger partial charge in [-0.2, -0.15) is 0 Å². The monoisotopic (exact) mass is 184 g/mol. The minimum Gasteiger partial charge on any atom is -0.358 e. The van der Waals surface area contributed by atoms with E-state index < -0.39 is 0 Å². The SMILES string of the molecule is CNC(=O)CN1CCC(C=O)CC1. The Bertz CT molecular complexity index is 186. The summed E-state index contributed by atoms with van der Waals surface area (Å²) in [5.41, 5.74) is 0. The Morgan fingerprint density at radius 2 is 2.15 bits per heavy atom. The first-order valence-corrected chi connectivity index (χ1v) is 4.64. The van der Waals surface area contributed by atoms with Crippen LogP contribution in [-0.2, 0) is 9.59 Å². The number of carbonyl (C=O) groups is 2. The lowest BCUT2D eigenvalue weighted by Gasteiger charge is -2.28. The van der Waals surface area contributed by atoms with E-state index >= 15 is 0 Å². The summed E-state index contributed by atoms with van der Waals surface area (Å²) in [6.45, 7) is 2.18. The zero-order chi connectivity index (χ0) is 9.68. The highest BCUT2D eigenvalue weighted by Gasteiger charge is 2.19. The molecule has 1 saturated heterocycles. The molecule has 1 N–H and O–H groups in total. The predicted octanol–water partition coefficient (Wildman–Crippen LogP) is -0.357. The van der Waals surface area contributed by atoms with Crippen LogP contribution in [0.5, 0.6) is 0 Å². The van der Waals surface area contributed by atoms with Crippen LogP contribution in [0.15, 0.2) is 0 Å². The number of carbonyl (C=O) groups excluding carboxylic acids is 2. The first-order valence-electron chi connectivity index (χ1n) is 4.64. The molecule has 4 nitrogen and oxygen atoms in total. The fourth-order valence-corrected chi connectivity index (χ4v) is 1.53. The number of nitrogens with zero attached hydrogens (tertiary/aromatic N) is 1. The van der Waals surface area contributed by atoms with Crippen molar-refractivity contribution in [1.82, 2.24) is 10.2 Å². The number of hydrogen-bond donors (Lipinski definition) is 1. The molecule has 1 aliphatic rings. The van der Waals surface area contributed by atoms with E-state index in [0.29, 0.717) is 6.54 Å². The highest BCUT2D eigenvalue weighted by atomic mass is 16.2. The number of amides is 1. The maximum Gasteiger partial charge on any atom is 0.233 e. The minimum absolute atomic E-state index is 0.0459. The molecule has 0 atom stereocenters. The lowest BCUT2D eigenvalue weighted by molar-refractivity contribution is -0.122. The Labute approximate surface area is 78.3 Å². The minimum atomic E-state index is 0.0459. The molecule has 4 heteroatoms. The number of hydrogen-bond acceptors (Lipinski definition) is 3. The van der Waals surface area contributed by atoms with E-state index in [1.807, 2.05) is 0 Å². The highest BCUT2D eigenvalue weighted by Crippen LogP contribution is 2.13. The van der Waals surface area contributed by atoms with E-state index in [9.17, 15) is 9.59 Å². The second-order valence-electron chi connectivity index (χ2n) is 3.42. The Kier molecular flexibility index (Phi) is 3.89. The van der Waals surface area contributed by atoms with Gasteiger partial charge in [-0.15, -0.1) is 0 Å². The molecule has 1 amide bonds. The molecule has 1 fully saturated rings. The van der Waals surface area contributed by atoms with Gasteiger partial charge in [-0.25, -0.2) is 0 Å². The highest BCUT2D eigenvalue weighted by molar-refractivity contribution is 5.77. The van der Waals surface area contributed by atoms with Gasteiger partial charge < -0.3 is 10.1 Å². The zero-order valence-corrected chi connectivity index (χ0v) is 7.95. The largest absolute Gasteiger partial charge is 0.358 e. The number of aldehydes is 1. The van der Waals surface area contributed by atoms with Crippen LogP contribution in [0.2, 0.25) is 0 Å². The molecule has 74 valence electrons. The van der Waals surface area contributed by atoms with Gasteiger partial charge in [-0.3, -0.25) is 9.69 Å². The molecule has 0 aromatic rings. The third kappa shape index (κ3) is 3.14. The number of likely N-dealkylation sites (tertiary alicyclic amines) is 1. The van der Waals surface area contributed by atoms with Crippen LogP contribution in [0, 0.1) is 5.92 Å². The van der Waals surface area contributed by atoms with Crippen molar-refractivity contribution in [2.24, 2.45) is 5.92 Å². The summed E-state index contributed by atoms with van der Waals surface area (Å²) < 4.78 is 0. The Hall–Kier alpha value is -0.900. The predicted molar refractivity (Wildman–Crippen MR) is 49.3 cm³/mol. The average molecular weight is 184 g/mol. The second kappa shape index (κ2) is 4.97. The molecule has 0 aromatic heterocycles. The molecule has 1 heterocycles. The molecular weight excluding hydrogens is 168 g/mol. The van der Waals surface area contributed by atoms with Crippen molar-refractivity contribution in [3.8, 4) is 0 Å². The first kappa shape index (κ1) is 10.2. The lowest BCUT2D eigenvalue weighted by atomic mass is 9.99. The Balaban J connectivity index is 2.24. The van der Waals surface area contributed by atoms with Gasteiger partial charge in [-0.05, 0) is 25.9 Å². The van der Waals surface area contributed by atoms with Gasteiger partial charge in [0, 0.05) is 13.0 Å².